The fraction of sp³-hybridized carbons (Fsp3) is 0.314. The van der Waals surface area contributed by atoms with Crippen LogP contribution in [0.15, 0.2) is 79.0 Å². The van der Waals surface area contributed by atoms with Gasteiger partial charge in [0.25, 0.3) is 0 Å². The predicted molar refractivity (Wildman–Crippen MR) is 171 cm³/mol. The molecule has 0 unspecified atom stereocenters. The molecular weight excluding hydrogens is 540 g/mol. The number of nitrogens with zero attached hydrogens (tertiary/aromatic N) is 1. The maximum atomic E-state index is 12.7. The highest BCUT2D eigenvalue weighted by Crippen LogP contribution is 2.34. The number of aromatic nitrogens is 1. The Labute approximate surface area is 252 Å². The van der Waals surface area contributed by atoms with Crippen LogP contribution in [0.25, 0.3) is 21.9 Å². The summed E-state index contributed by atoms with van der Waals surface area (Å²) in [5.74, 6) is -0.482. The minimum Gasteiger partial charge on any atom is -0.481 e. The van der Waals surface area contributed by atoms with Gasteiger partial charge in [-0.15, -0.1) is 0 Å². The van der Waals surface area contributed by atoms with Gasteiger partial charge in [0.15, 0.2) is 0 Å². The van der Waals surface area contributed by atoms with Crippen LogP contribution in [-0.4, -0.2) is 41.0 Å². The average molecular weight is 581 g/mol. The quantitative estimate of drug-likeness (QED) is 0.129. The van der Waals surface area contributed by atoms with Gasteiger partial charge in [0, 0.05) is 19.2 Å². The summed E-state index contributed by atoms with van der Waals surface area (Å²) in [6.45, 7) is 6.85. The molecule has 0 spiro atoms. The molecule has 0 aliphatic heterocycles. The number of anilines is 1. The van der Waals surface area contributed by atoms with E-state index < -0.39 is 17.9 Å². The van der Waals surface area contributed by atoms with Crippen molar-refractivity contribution in [1.82, 2.24) is 15.6 Å². The molecule has 1 atom stereocenters. The van der Waals surface area contributed by atoms with E-state index in [1.165, 1.54) is 10.9 Å². The average Bonchev–Trinajstić information content (AvgIpc) is 2.99. The number of aliphatic carboxylic acids is 1. The number of nitrogens with one attached hydrogen (secondary N) is 3. The number of carboxylic acid groups (broad SMARTS) is 1. The van der Waals surface area contributed by atoms with Crippen molar-refractivity contribution in [2.45, 2.75) is 58.4 Å². The van der Waals surface area contributed by atoms with Crippen molar-refractivity contribution in [2.24, 2.45) is 0 Å². The topological polar surface area (TPSA) is 120 Å². The van der Waals surface area contributed by atoms with Gasteiger partial charge >= 0.3 is 5.97 Å². The number of carbonyl (C=O) groups is 3. The van der Waals surface area contributed by atoms with Gasteiger partial charge in [-0.3, -0.25) is 14.4 Å². The second kappa shape index (κ2) is 15.0. The summed E-state index contributed by atoms with van der Waals surface area (Å²) in [6, 6.07) is 23.4. The van der Waals surface area contributed by atoms with E-state index in [2.05, 4.69) is 59.0 Å². The lowest BCUT2D eigenvalue weighted by molar-refractivity contribution is -0.138. The molecule has 1 heterocycles. The van der Waals surface area contributed by atoms with E-state index in [1.54, 1.807) is 6.20 Å². The van der Waals surface area contributed by atoms with E-state index in [4.69, 9.17) is 0 Å². The Hall–Kier alpha value is -4.72. The first-order valence-corrected chi connectivity index (χ1v) is 14.8. The Morgan fingerprint density at radius 3 is 2.33 bits per heavy atom. The Balaban J connectivity index is 1.31. The summed E-state index contributed by atoms with van der Waals surface area (Å²) in [4.78, 5) is 40.8. The van der Waals surface area contributed by atoms with E-state index >= 15 is 0 Å². The number of hydrogen-bond acceptors (Lipinski definition) is 5. The second-order valence-electron chi connectivity index (χ2n) is 11.1. The third-order valence-corrected chi connectivity index (χ3v) is 7.42. The molecule has 224 valence electrons. The first-order valence-electron chi connectivity index (χ1n) is 14.8. The molecule has 1 aromatic heterocycles. The van der Waals surface area contributed by atoms with Gasteiger partial charge in [0.1, 0.15) is 5.82 Å². The van der Waals surface area contributed by atoms with Crippen molar-refractivity contribution < 1.29 is 19.5 Å². The van der Waals surface area contributed by atoms with Gasteiger partial charge in [-0.25, -0.2) is 4.98 Å². The Bertz CT molecular complexity index is 1570. The molecule has 4 rings (SSSR count). The van der Waals surface area contributed by atoms with E-state index in [0.717, 1.165) is 34.3 Å². The van der Waals surface area contributed by atoms with Crippen LogP contribution in [0.4, 0.5) is 5.82 Å². The summed E-state index contributed by atoms with van der Waals surface area (Å²) in [6.07, 6.45) is 3.22. The summed E-state index contributed by atoms with van der Waals surface area (Å²) in [7, 11) is 0. The first-order chi connectivity index (χ1) is 20.7. The normalized spacial score (nSPS) is 11.7. The van der Waals surface area contributed by atoms with Crippen molar-refractivity contribution in [3.8, 4) is 11.1 Å². The summed E-state index contributed by atoms with van der Waals surface area (Å²) < 4.78 is 0. The molecule has 4 N–H and O–H groups in total. The lowest BCUT2D eigenvalue weighted by Crippen LogP contribution is -2.39. The standard InChI is InChI=1S/C35H40N4O4/c1-23(2)27-15-16-28(30-9-5-4-8-29(27)30)25-11-13-26(14-12-25)31(21-35(42)43)39-34(41)22-38-33(40)10-6-7-18-36-32-20-24(3)17-19-37-32/h4-5,8-9,11-17,19-20,23,31H,6-7,10,18,21-22H2,1-3H3,(H,36,37)(H,38,40)(H,39,41)(H,42,43)/t31-/m0/s1. The number of aryl methyl sites for hydroxylation is 1. The SMILES string of the molecule is Cc1ccnc(NCCCCC(=O)NCC(=O)N[C@@H](CC(=O)O)c2ccc(-c3ccc(C(C)C)c4ccccc34)cc2)c1. The molecule has 0 aliphatic rings. The third kappa shape index (κ3) is 8.88. The third-order valence-electron chi connectivity index (χ3n) is 7.42. The van der Waals surface area contributed by atoms with Crippen LogP contribution >= 0.6 is 0 Å². The zero-order valence-electron chi connectivity index (χ0n) is 25.0. The van der Waals surface area contributed by atoms with Crippen molar-refractivity contribution in [3.05, 3.63) is 95.7 Å². The molecule has 8 heteroatoms. The Morgan fingerprint density at radius 2 is 1.63 bits per heavy atom. The summed E-state index contributed by atoms with van der Waals surface area (Å²) >= 11 is 0. The number of fused-ring (bicyclic) bond motifs is 1. The molecule has 4 aromatic rings. The van der Waals surface area contributed by atoms with Gasteiger partial charge in [-0.05, 0) is 76.4 Å². The van der Waals surface area contributed by atoms with E-state index in [9.17, 15) is 19.5 Å². The molecule has 0 aliphatic carbocycles. The van der Waals surface area contributed by atoms with Crippen molar-refractivity contribution in [1.29, 1.82) is 0 Å². The van der Waals surface area contributed by atoms with Gasteiger partial charge in [0.2, 0.25) is 11.8 Å². The van der Waals surface area contributed by atoms with Crippen molar-refractivity contribution >= 4 is 34.4 Å². The smallest absolute Gasteiger partial charge is 0.305 e. The van der Waals surface area contributed by atoms with Crippen molar-refractivity contribution in [2.75, 3.05) is 18.4 Å². The molecule has 0 radical (unpaired) electrons. The number of rotatable bonds is 14. The van der Waals surface area contributed by atoms with Gasteiger partial charge in [-0.2, -0.15) is 0 Å². The summed E-state index contributed by atoms with van der Waals surface area (Å²) in [5.41, 5.74) is 5.20. The minimum atomic E-state index is -1.02. The molecule has 0 saturated carbocycles. The first kappa shape index (κ1) is 31.2. The zero-order chi connectivity index (χ0) is 30.8. The van der Waals surface area contributed by atoms with Crippen LogP contribution in [0.1, 0.15) is 68.2 Å². The highest BCUT2D eigenvalue weighted by atomic mass is 16.4. The van der Waals surface area contributed by atoms with Crippen molar-refractivity contribution in [3.63, 3.8) is 0 Å². The van der Waals surface area contributed by atoms with E-state index in [-0.39, 0.29) is 18.9 Å². The molecular formula is C35H40N4O4. The maximum absolute atomic E-state index is 12.7. The molecule has 43 heavy (non-hydrogen) atoms. The van der Waals surface area contributed by atoms with Crippen LogP contribution in [0, 0.1) is 6.92 Å². The number of amides is 2. The molecule has 2 amide bonds. The molecule has 8 nitrogen and oxygen atoms in total. The number of benzene rings is 3. The highest BCUT2D eigenvalue weighted by Gasteiger charge is 2.19. The fourth-order valence-electron chi connectivity index (χ4n) is 5.17. The van der Waals surface area contributed by atoms with Crippen LogP contribution in [0.5, 0.6) is 0 Å². The largest absolute Gasteiger partial charge is 0.481 e. The number of carbonyl (C=O) groups excluding carboxylic acids is 2. The number of hydrogen-bond donors (Lipinski definition) is 4. The van der Waals surface area contributed by atoms with E-state index in [1.807, 2.05) is 55.5 Å². The van der Waals surface area contributed by atoms with Crippen LogP contribution < -0.4 is 16.0 Å². The van der Waals surface area contributed by atoms with Gasteiger partial charge in [-0.1, -0.05) is 74.5 Å². The predicted octanol–water partition coefficient (Wildman–Crippen LogP) is 6.36. The van der Waals surface area contributed by atoms with Crippen LogP contribution in [0.3, 0.4) is 0 Å². The zero-order valence-corrected chi connectivity index (χ0v) is 25.0. The van der Waals surface area contributed by atoms with Crippen LogP contribution in [0.2, 0.25) is 0 Å². The Morgan fingerprint density at radius 1 is 0.884 bits per heavy atom. The lowest BCUT2D eigenvalue weighted by atomic mass is 9.90. The molecule has 3 aromatic carbocycles. The van der Waals surface area contributed by atoms with Gasteiger partial charge in [0.05, 0.1) is 19.0 Å². The molecule has 0 bridgehead atoms. The van der Waals surface area contributed by atoms with E-state index in [0.29, 0.717) is 30.9 Å². The number of carboxylic acids is 1. The van der Waals surface area contributed by atoms with Gasteiger partial charge < -0.3 is 21.1 Å². The Kier molecular flexibility index (Phi) is 10.9. The summed E-state index contributed by atoms with van der Waals surface area (Å²) in [5, 5.41) is 20.5. The second-order valence-corrected chi connectivity index (χ2v) is 11.1. The maximum Gasteiger partial charge on any atom is 0.305 e. The number of pyridine rings is 1. The minimum absolute atomic E-state index is 0.216. The monoisotopic (exact) mass is 580 g/mol. The fourth-order valence-corrected chi connectivity index (χ4v) is 5.17. The lowest BCUT2D eigenvalue weighted by Gasteiger charge is -2.19. The molecule has 0 fully saturated rings. The van der Waals surface area contributed by atoms with Crippen LogP contribution in [-0.2, 0) is 14.4 Å². The molecule has 0 saturated heterocycles. The highest BCUT2D eigenvalue weighted by molar-refractivity contribution is 5.98. The number of unbranched alkanes of at least 4 members (excludes halogenated alkanes) is 1.